The van der Waals surface area contributed by atoms with Crippen molar-refractivity contribution in [3.63, 3.8) is 0 Å². The maximum absolute atomic E-state index is 6.13. The Hall–Kier alpha value is -2.07. The van der Waals surface area contributed by atoms with Crippen LogP contribution in [0.25, 0.3) is 0 Å². The Morgan fingerprint density at radius 2 is 1.72 bits per heavy atom. The van der Waals surface area contributed by atoms with E-state index in [4.69, 9.17) is 27.9 Å². The number of likely N-dealkylation sites (tertiary alicyclic amines) is 1. The van der Waals surface area contributed by atoms with Crippen molar-refractivity contribution in [2.45, 2.75) is 19.4 Å². The summed E-state index contributed by atoms with van der Waals surface area (Å²) in [6, 6.07) is 22.4. The predicted octanol–water partition coefficient (Wildman–Crippen LogP) is 6.07. The quantitative estimate of drug-likeness (QED) is 0.477. The van der Waals surface area contributed by atoms with Crippen LogP contribution in [0.5, 0.6) is 5.88 Å². The molecule has 0 amide bonds. The molecule has 4 rings (SSSR count). The van der Waals surface area contributed by atoms with Gasteiger partial charge in [-0.05, 0) is 29.3 Å². The van der Waals surface area contributed by atoms with Gasteiger partial charge in [-0.1, -0.05) is 72.6 Å². The molecule has 3 aromatic rings. The van der Waals surface area contributed by atoms with Crippen molar-refractivity contribution < 1.29 is 4.74 Å². The third-order valence-corrected chi connectivity index (χ3v) is 6.11. The Morgan fingerprint density at radius 3 is 2.41 bits per heavy atom. The molecule has 0 unspecified atom stereocenters. The van der Waals surface area contributed by atoms with Crippen LogP contribution in [0.3, 0.4) is 0 Å². The number of rotatable bonds is 6. The number of benzene rings is 2. The molecule has 150 valence electrons. The monoisotopic (exact) mass is 426 g/mol. The summed E-state index contributed by atoms with van der Waals surface area (Å²) < 4.78 is 6.10. The van der Waals surface area contributed by atoms with E-state index < -0.39 is 0 Å². The van der Waals surface area contributed by atoms with E-state index in [1.807, 2.05) is 18.2 Å². The molecule has 3 nitrogen and oxygen atoms in total. The first-order valence-corrected chi connectivity index (χ1v) is 10.5. The fourth-order valence-corrected chi connectivity index (χ4v) is 4.40. The van der Waals surface area contributed by atoms with E-state index in [0.29, 0.717) is 23.4 Å². The van der Waals surface area contributed by atoms with E-state index in [1.165, 1.54) is 11.1 Å². The molecule has 2 heterocycles. The molecular weight excluding hydrogens is 403 g/mol. The van der Waals surface area contributed by atoms with Gasteiger partial charge in [0.15, 0.2) is 0 Å². The van der Waals surface area contributed by atoms with Crippen molar-refractivity contribution in [2.75, 3.05) is 19.7 Å². The lowest BCUT2D eigenvalue weighted by molar-refractivity contribution is 0.145. The van der Waals surface area contributed by atoms with Crippen LogP contribution < -0.4 is 4.74 Å². The molecule has 1 aliphatic heterocycles. The summed E-state index contributed by atoms with van der Waals surface area (Å²) in [5.74, 6) is 0.947. The van der Waals surface area contributed by atoms with Crippen molar-refractivity contribution in [3.8, 4) is 5.88 Å². The topological polar surface area (TPSA) is 25.4 Å². The first kappa shape index (κ1) is 20.2. The third kappa shape index (κ3) is 4.92. The molecule has 1 aromatic heterocycles. The van der Waals surface area contributed by atoms with Gasteiger partial charge in [0.1, 0.15) is 0 Å². The molecule has 0 spiro atoms. The van der Waals surface area contributed by atoms with Gasteiger partial charge in [-0.3, -0.25) is 4.90 Å². The summed E-state index contributed by atoms with van der Waals surface area (Å²) in [7, 11) is 0. The molecule has 1 fully saturated rings. The average Bonchev–Trinajstić information content (AvgIpc) is 3.05. The van der Waals surface area contributed by atoms with Gasteiger partial charge in [0.2, 0.25) is 5.88 Å². The minimum atomic E-state index is -0.0517. The molecule has 1 saturated heterocycles. The smallest absolute Gasteiger partial charge is 0.213 e. The maximum Gasteiger partial charge on any atom is 0.213 e. The fraction of sp³-hybridized carbons (Fsp3) is 0.292. The minimum Gasteiger partial charge on any atom is -0.477 e. The third-order valence-electron chi connectivity index (χ3n) is 5.64. The Balaban J connectivity index is 1.54. The van der Waals surface area contributed by atoms with E-state index in [1.54, 1.807) is 12.3 Å². The summed E-state index contributed by atoms with van der Waals surface area (Å²) >= 11 is 12.1. The summed E-state index contributed by atoms with van der Waals surface area (Å²) in [5, 5.41) is 1.37. The van der Waals surface area contributed by atoms with Gasteiger partial charge in [-0.15, -0.1) is 0 Å². The van der Waals surface area contributed by atoms with E-state index in [0.717, 1.165) is 24.7 Å². The summed E-state index contributed by atoms with van der Waals surface area (Å²) in [5.41, 5.74) is 2.57. The second-order valence-corrected chi connectivity index (χ2v) is 8.89. The lowest BCUT2D eigenvalue weighted by atomic mass is 9.77. The van der Waals surface area contributed by atoms with Crippen LogP contribution in [0.4, 0.5) is 0 Å². The van der Waals surface area contributed by atoms with Crippen LogP contribution in [-0.2, 0) is 6.54 Å². The molecule has 2 aromatic carbocycles. The van der Waals surface area contributed by atoms with Crippen LogP contribution in [0.2, 0.25) is 10.0 Å². The van der Waals surface area contributed by atoms with Gasteiger partial charge in [-0.2, -0.15) is 0 Å². The van der Waals surface area contributed by atoms with E-state index in [2.05, 4.69) is 59.3 Å². The van der Waals surface area contributed by atoms with Crippen LogP contribution in [0.1, 0.15) is 24.0 Å². The maximum atomic E-state index is 6.13. The molecule has 1 aliphatic rings. The predicted molar refractivity (Wildman–Crippen MR) is 119 cm³/mol. The summed E-state index contributed by atoms with van der Waals surface area (Å²) in [6.45, 7) is 5.74. The minimum absolute atomic E-state index is 0.0517. The fourth-order valence-electron chi connectivity index (χ4n) is 4.16. The van der Waals surface area contributed by atoms with Gasteiger partial charge in [0, 0.05) is 48.3 Å². The number of hydrogen-bond acceptors (Lipinski definition) is 3. The zero-order chi connectivity index (χ0) is 20.3. The van der Waals surface area contributed by atoms with Gasteiger partial charge < -0.3 is 4.74 Å². The molecule has 0 bridgehead atoms. The van der Waals surface area contributed by atoms with Crippen molar-refractivity contribution in [2.24, 2.45) is 5.41 Å². The number of hydrogen-bond donors (Lipinski definition) is 0. The Labute approximate surface area is 182 Å². The molecule has 2 atom stereocenters. The van der Waals surface area contributed by atoms with Crippen LogP contribution in [0, 0.1) is 5.41 Å². The first-order valence-electron chi connectivity index (χ1n) is 9.78. The highest BCUT2D eigenvalue weighted by Gasteiger charge is 2.44. The average molecular weight is 427 g/mol. The molecule has 0 radical (unpaired) electrons. The zero-order valence-corrected chi connectivity index (χ0v) is 17.9. The molecular formula is C24H24Cl2N2O. The highest BCUT2D eigenvalue weighted by atomic mass is 35.5. The molecule has 29 heavy (non-hydrogen) atoms. The Bertz CT molecular complexity index is 931. The molecule has 0 aliphatic carbocycles. The van der Waals surface area contributed by atoms with Crippen molar-refractivity contribution >= 4 is 23.2 Å². The van der Waals surface area contributed by atoms with E-state index >= 15 is 0 Å². The van der Waals surface area contributed by atoms with Crippen LogP contribution in [-0.4, -0.2) is 29.6 Å². The number of aromatic nitrogens is 1. The molecule has 5 heteroatoms. The summed E-state index contributed by atoms with van der Waals surface area (Å²) in [6.07, 6.45) is 1.62. The standard InChI is InChI=1S/C24H24Cl2N2O/c1-24(17-29-23-12-11-21(26)13-27-23)16-28(14-18-5-3-2-4-6-18)15-22(24)19-7-9-20(25)10-8-19/h2-13,22H,14-17H2,1H3/t22-,24-/m0/s1. The Morgan fingerprint density at radius 1 is 1.00 bits per heavy atom. The second kappa shape index (κ2) is 8.74. The second-order valence-electron chi connectivity index (χ2n) is 8.02. The highest BCUT2D eigenvalue weighted by molar-refractivity contribution is 6.30. The summed E-state index contributed by atoms with van der Waals surface area (Å²) in [4.78, 5) is 6.79. The number of nitrogens with zero attached hydrogens (tertiary/aromatic N) is 2. The van der Waals surface area contributed by atoms with Gasteiger partial charge in [0.25, 0.3) is 0 Å². The zero-order valence-electron chi connectivity index (χ0n) is 16.4. The van der Waals surface area contributed by atoms with E-state index in [-0.39, 0.29) is 5.41 Å². The van der Waals surface area contributed by atoms with Crippen molar-refractivity contribution in [1.29, 1.82) is 0 Å². The lowest BCUT2D eigenvalue weighted by Gasteiger charge is -2.30. The lowest BCUT2D eigenvalue weighted by Crippen LogP contribution is -2.33. The van der Waals surface area contributed by atoms with Crippen LogP contribution >= 0.6 is 23.2 Å². The largest absolute Gasteiger partial charge is 0.477 e. The molecule has 0 saturated carbocycles. The van der Waals surface area contributed by atoms with Crippen molar-refractivity contribution in [3.05, 3.63) is 94.1 Å². The first-order chi connectivity index (χ1) is 14.0. The normalized spacial score (nSPS) is 22.0. The van der Waals surface area contributed by atoms with Gasteiger partial charge in [0.05, 0.1) is 11.6 Å². The number of halogens is 2. The van der Waals surface area contributed by atoms with Crippen LogP contribution in [0.15, 0.2) is 72.9 Å². The van der Waals surface area contributed by atoms with E-state index in [9.17, 15) is 0 Å². The SMILES string of the molecule is C[C@@]1(COc2ccc(Cl)cn2)CN(Cc2ccccc2)C[C@H]1c1ccc(Cl)cc1. The van der Waals surface area contributed by atoms with Gasteiger partial charge in [-0.25, -0.2) is 4.98 Å². The molecule has 0 N–H and O–H groups in total. The van der Waals surface area contributed by atoms with Gasteiger partial charge >= 0.3 is 0 Å². The number of ether oxygens (including phenoxy) is 1. The number of pyridine rings is 1. The Kier molecular flexibility index (Phi) is 6.09. The highest BCUT2D eigenvalue weighted by Crippen LogP contribution is 2.43. The van der Waals surface area contributed by atoms with Crippen molar-refractivity contribution in [1.82, 2.24) is 9.88 Å².